The van der Waals surface area contributed by atoms with Crippen molar-refractivity contribution in [3.05, 3.63) is 23.3 Å². The van der Waals surface area contributed by atoms with Crippen molar-refractivity contribution in [3.8, 4) is 5.75 Å². The average molecular weight is 307 g/mol. The molecular weight excluding hydrogens is 290 g/mol. The number of anilines is 1. The molecule has 1 aromatic carbocycles. The minimum absolute atomic E-state index is 0.0122. The Morgan fingerprint density at radius 3 is 2.14 bits per heavy atom. The molecule has 1 aromatic rings. The Labute approximate surface area is 127 Å². The molecule has 7 heteroatoms. The van der Waals surface area contributed by atoms with Crippen molar-refractivity contribution in [1.82, 2.24) is 0 Å². The van der Waals surface area contributed by atoms with Crippen LogP contribution in [0, 0.1) is 0 Å². The normalized spacial score (nSPS) is 9.82. The summed E-state index contributed by atoms with van der Waals surface area (Å²) in [5.41, 5.74) is 0.165. The van der Waals surface area contributed by atoms with Gasteiger partial charge in [-0.1, -0.05) is 0 Å². The van der Waals surface area contributed by atoms with E-state index in [1.165, 1.54) is 32.9 Å². The second-order valence-corrected chi connectivity index (χ2v) is 4.45. The molecule has 7 nitrogen and oxygen atoms in total. The standard InChI is InChI=1S/C15H17NO6/c1-5-21-15(20)12-6-11(8(2)17)14(22-10(4)19)7-13(12)16-9(3)18/h6-7H,5H2,1-4H3,(H,16,18). The van der Waals surface area contributed by atoms with Gasteiger partial charge in [0.1, 0.15) is 5.75 Å². The highest BCUT2D eigenvalue weighted by atomic mass is 16.5. The van der Waals surface area contributed by atoms with E-state index in [-0.39, 0.29) is 29.2 Å². The molecule has 0 aliphatic rings. The van der Waals surface area contributed by atoms with Gasteiger partial charge in [0.05, 0.1) is 23.4 Å². The molecule has 0 aliphatic carbocycles. The summed E-state index contributed by atoms with van der Waals surface area (Å²) in [6, 6.07) is 2.50. The molecule has 22 heavy (non-hydrogen) atoms. The summed E-state index contributed by atoms with van der Waals surface area (Å²) in [5, 5.41) is 2.45. The van der Waals surface area contributed by atoms with E-state index >= 15 is 0 Å². The van der Waals surface area contributed by atoms with Crippen LogP contribution in [0.4, 0.5) is 5.69 Å². The summed E-state index contributed by atoms with van der Waals surface area (Å²) in [6.45, 7) is 5.49. The number of rotatable bonds is 5. The number of ketones is 1. The molecule has 0 radical (unpaired) electrons. The van der Waals surface area contributed by atoms with Gasteiger partial charge >= 0.3 is 11.9 Å². The zero-order valence-electron chi connectivity index (χ0n) is 12.8. The van der Waals surface area contributed by atoms with E-state index in [1.807, 2.05) is 0 Å². The van der Waals surface area contributed by atoms with Crippen molar-refractivity contribution < 1.29 is 28.7 Å². The SMILES string of the molecule is CCOC(=O)c1cc(C(C)=O)c(OC(C)=O)cc1NC(C)=O. The predicted molar refractivity (Wildman–Crippen MR) is 78.0 cm³/mol. The Bertz CT molecular complexity index is 635. The van der Waals surface area contributed by atoms with E-state index in [0.717, 1.165) is 0 Å². The minimum Gasteiger partial charge on any atom is -0.462 e. The van der Waals surface area contributed by atoms with E-state index < -0.39 is 23.6 Å². The third-order valence-electron chi connectivity index (χ3n) is 2.56. The summed E-state index contributed by atoms with van der Waals surface area (Å²) < 4.78 is 9.86. The topological polar surface area (TPSA) is 98.8 Å². The number of Topliss-reactive ketones (excluding diaryl/α,β-unsaturated/α-hetero) is 1. The smallest absolute Gasteiger partial charge is 0.340 e. The highest BCUT2D eigenvalue weighted by Crippen LogP contribution is 2.29. The van der Waals surface area contributed by atoms with Crippen LogP contribution >= 0.6 is 0 Å². The minimum atomic E-state index is -0.692. The largest absolute Gasteiger partial charge is 0.462 e. The van der Waals surface area contributed by atoms with Gasteiger partial charge in [0, 0.05) is 19.9 Å². The molecular formula is C15H17NO6. The van der Waals surface area contributed by atoms with Crippen molar-refractivity contribution >= 4 is 29.3 Å². The molecule has 1 amide bonds. The summed E-state index contributed by atoms with van der Waals surface area (Å²) in [6.07, 6.45) is 0. The first-order chi connectivity index (χ1) is 10.3. The van der Waals surface area contributed by atoms with Crippen LogP contribution in [0.5, 0.6) is 5.75 Å². The lowest BCUT2D eigenvalue weighted by Gasteiger charge is -2.14. The fourth-order valence-electron chi connectivity index (χ4n) is 1.77. The van der Waals surface area contributed by atoms with E-state index in [1.54, 1.807) is 6.92 Å². The number of hydrogen-bond acceptors (Lipinski definition) is 6. The summed E-state index contributed by atoms with van der Waals surface area (Å²) >= 11 is 0. The summed E-state index contributed by atoms with van der Waals surface area (Å²) in [5.74, 6) is -2.16. The molecule has 0 atom stereocenters. The van der Waals surface area contributed by atoms with Crippen LogP contribution in [-0.2, 0) is 14.3 Å². The van der Waals surface area contributed by atoms with Gasteiger partial charge in [-0.25, -0.2) is 4.79 Å². The first-order valence-corrected chi connectivity index (χ1v) is 6.58. The summed E-state index contributed by atoms with van der Waals surface area (Å²) in [7, 11) is 0. The van der Waals surface area contributed by atoms with Crippen LogP contribution < -0.4 is 10.1 Å². The number of ether oxygens (including phenoxy) is 2. The Morgan fingerprint density at radius 2 is 1.68 bits per heavy atom. The molecule has 0 fully saturated rings. The lowest BCUT2D eigenvalue weighted by atomic mass is 10.0. The van der Waals surface area contributed by atoms with Gasteiger partial charge in [-0.3, -0.25) is 14.4 Å². The van der Waals surface area contributed by atoms with Crippen molar-refractivity contribution in [2.75, 3.05) is 11.9 Å². The fourth-order valence-corrected chi connectivity index (χ4v) is 1.77. The number of carbonyl (C=O) groups is 4. The summed E-state index contributed by atoms with van der Waals surface area (Å²) in [4.78, 5) is 46.0. The molecule has 0 bridgehead atoms. The molecule has 0 aromatic heterocycles. The van der Waals surface area contributed by atoms with Crippen LogP contribution in [0.3, 0.4) is 0 Å². The maximum absolute atomic E-state index is 12.0. The molecule has 118 valence electrons. The van der Waals surface area contributed by atoms with E-state index in [9.17, 15) is 19.2 Å². The van der Waals surface area contributed by atoms with Crippen molar-refractivity contribution in [2.24, 2.45) is 0 Å². The maximum Gasteiger partial charge on any atom is 0.340 e. The Morgan fingerprint density at radius 1 is 1.05 bits per heavy atom. The number of hydrogen-bond donors (Lipinski definition) is 1. The van der Waals surface area contributed by atoms with Gasteiger partial charge in [0.2, 0.25) is 5.91 Å². The first kappa shape index (κ1) is 17.4. The van der Waals surface area contributed by atoms with Gasteiger partial charge in [0.25, 0.3) is 0 Å². The third kappa shape index (κ3) is 4.41. The Balaban J connectivity index is 3.49. The second kappa shape index (κ2) is 7.35. The van der Waals surface area contributed by atoms with Crippen LogP contribution in [0.2, 0.25) is 0 Å². The second-order valence-electron chi connectivity index (χ2n) is 4.45. The van der Waals surface area contributed by atoms with Crippen molar-refractivity contribution in [3.63, 3.8) is 0 Å². The maximum atomic E-state index is 12.0. The van der Waals surface area contributed by atoms with Crippen LogP contribution in [-0.4, -0.2) is 30.2 Å². The van der Waals surface area contributed by atoms with Gasteiger partial charge in [-0.15, -0.1) is 0 Å². The lowest BCUT2D eigenvalue weighted by Crippen LogP contribution is -2.15. The molecule has 1 N–H and O–H groups in total. The van der Waals surface area contributed by atoms with Gasteiger partial charge in [-0.2, -0.15) is 0 Å². The number of amides is 1. The number of carbonyl (C=O) groups excluding carboxylic acids is 4. The Hall–Kier alpha value is -2.70. The highest BCUT2D eigenvalue weighted by molar-refractivity contribution is 6.06. The average Bonchev–Trinajstić information content (AvgIpc) is 2.37. The van der Waals surface area contributed by atoms with Crippen LogP contribution in [0.1, 0.15) is 48.4 Å². The number of benzene rings is 1. The van der Waals surface area contributed by atoms with Gasteiger partial charge < -0.3 is 14.8 Å². The monoisotopic (exact) mass is 307 g/mol. The van der Waals surface area contributed by atoms with E-state index in [0.29, 0.717) is 0 Å². The Kier molecular flexibility index (Phi) is 5.80. The highest BCUT2D eigenvalue weighted by Gasteiger charge is 2.21. The molecule has 0 saturated heterocycles. The molecule has 1 rings (SSSR count). The molecule has 0 aliphatic heterocycles. The van der Waals surface area contributed by atoms with Gasteiger partial charge in [-0.05, 0) is 19.9 Å². The molecule has 0 spiro atoms. The molecule has 0 unspecified atom stereocenters. The molecule has 0 heterocycles. The number of nitrogens with one attached hydrogen (secondary N) is 1. The quantitative estimate of drug-likeness (QED) is 0.507. The van der Waals surface area contributed by atoms with E-state index in [2.05, 4.69) is 5.32 Å². The van der Waals surface area contributed by atoms with E-state index in [4.69, 9.17) is 9.47 Å². The number of esters is 2. The van der Waals surface area contributed by atoms with Crippen LogP contribution in [0.25, 0.3) is 0 Å². The third-order valence-corrected chi connectivity index (χ3v) is 2.56. The molecule has 0 saturated carbocycles. The lowest BCUT2D eigenvalue weighted by molar-refractivity contribution is -0.131. The van der Waals surface area contributed by atoms with Crippen molar-refractivity contribution in [2.45, 2.75) is 27.7 Å². The predicted octanol–water partition coefficient (Wildman–Crippen LogP) is 1.95. The van der Waals surface area contributed by atoms with Crippen LogP contribution in [0.15, 0.2) is 12.1 Å². The van der Waals surface area contributed by atoms with Gasteiger partial charge in [0.15, 0.2) is 5.78 Å². The zero-order valence-corrected chi connectivity index (χ0v) is 12.8. The fraction of sp³-hybridized carbons (Fsp3) is 0.333. The first-order valence-electron chi connectivity index (χ1n) is 6.58. The van der Waals surface area contributed by atoms with Crippen molar-refractivity contribution in [1.29, 1.82) is 0 Å². The zero-order chi connectivity index (χ0) is 16.9.